The second kappa shape index (κ2) is 6.15. The summed E-state index contributed by atoms with van der Waals surface area (Å²) in [6.07, 6.45) is 14.1. The summed E-state index contributed by atoms with van der Waals surface area (Å²) in [5.41, 5.74) is 0. The quantitative estimate of drug-likeness (QED) is 0.803. The van der Waals surface area contributed by atoms with Gasteiger partial charge in [0.25, 0.3) is 0 Å². The van der Waals surface area contributed by atoms with Crippen molar-refractivity contribution in [1.82, 2.24) is 14.5 Å². The highest BCUT2D eigenvalue weighted by atomic mass is 32.2. The summed E-state index contributed by atoms with van der Waals surface area (Å²) in [5.74, 6) is 3.83. The number of carbonyl (C=O) groups excluding carboxylic acids is 1. The lowest BCUT2D eigenvalue weighted by Gasteiger charge is -2.56. The predicted molar refractivity (Wildman–Crippen MR) is 93.2 cm³/mol. The molecular weight excluding hydrogens is 306 g/mol. The Morgan fingerprint density at radius 2 is 1.91 bits per heavy atom. The van der Waals surface area contributed by atoms with Crippen LogP contribution in [0.15, 0.2) is 18.7 Å². The topological polar surface area (TPSA) is 38.1 Å². The van der Waals surface area contributed by atoms with E-state index in [2.05, 4.69) is 4.98 Å². The van der Waals surface area contributed by atoms with E-state index >= 15 is 0 Å². The van der Waals surface area contributed by atoms with Gasteiger partial charge in [-0.1, -0.05) is 0 Å². The van der Waals surface area contributed by atoms with Gasteiger partial charge in [0.2, 0.25) is 5.91 Å². The van der Waals surface area contributed by atoms with Gasteiger partial charge >= 0.3 is 0 Å². The van der Waals surface area contributed by atoms with Gasteiger partial charge in [-0.3, -0.25) is 4.79 Å². The smallest absolute Gasteiger partial charge is 0.232 e. The highest BCUT2D eigenvalue weighted by Crippen LogP contribution is 2.60. The van der Waals surface area contributed by atoms with Crippen molar-refractivity contribution >= 4 is 17.7 Å². The van der Waals surface area contributed by atoms with E-state index in [-0.39, 0.29) is 5.91 Å². The third kappa shape index (κ3) is 3.30. The normalized spacial score (nSPS) is 34.7. The Kier molecular flexibility index (Phi) is 4.16. The molecule has 1 heterocycles. The Hall–Kier alpha value is -0.970. The molecule has 126 valence electrons. The molecule has 4 fully saturated rings. The molecule has 4 saturated carbocycles. The van der Waals surface area contributed by atoms with Crippen molar-refractivity contribution in [2.24, 2.45) is 17.8 Å². The maximum absolute atomic E-state index is 12.5. The molecule has 4 aliphatic rings. The Balaban J connectivity index is 1.28. The molecule has 5 heteroatoms. The molecule has 0 aliphatic heterocycles. The predicted octanol–water partition coefficient (Wildman–Crippen LogP) is 3.04. The molecule has 23 heavy (non-hydrogen) atoms. The van der Waals surface area contributed by atoms with E-state index in [1.807, 2.05) is 40.8 Å². The molecule has 0 radical (unpaired) electrons. The minimum Gasteiger partial charge on any atom is -0.343 e. The van der Waals surface area contributed by atoms with Crippen molar-refractivity contribution in [2.75, 3.05) is 19.3 Å². The zero-order valence-corrected chi connectivity index (χ0v) is 14.8. The SMILES string of the molecule is CN(CCn1ccnc1)C(=O)CSC12CC3CC(CC(C3)C1)C2. The van der Waals surface area contributed by atoms with Crippen molar-refractivity contribution in [2.45, 2.75) is 49.8 Å². The minimum absolute atomic E-state index is 0.283. The van der Waals surface area contributed by atoms with Gasteiger partial charge in [-0.25, -0.2) is 4.98 Å². The van der Waals surface area contributed by atoms with Gasteiger partial charge in [-0.05, 0) is 56.3 Å². The van der Waals surface area contributed by atoms with Gasteiger partial charge < -0.3 is 9.47 Å². The Labute approximate surface area is 143 Å². The number of hydrogen-bond acceptors (Lipinski definition) is 3. The first-order valence-electron chi connectivity index (χ1n) is 8.95. The van der Waals surface area contributed by atoms with Crippen LogP contribution in [-0.2, 0) is 11.3 Å². The zero-order valence-electron chi connectivity index (χ0n) is 14.0. The minimum atomic E-state index is 0.283. The van der Waals surface area contributed by atoms with Crippen molar-refractivity contribution in [3.05, 3.63) is 18.7 Å². The van der Waals surface area contributed by atoms with E-state index in [1.165, 1.54) is 38.5 Å². The molecule has 1 amide bonds. The maximum atomic E-state index is 12.5. The summed E-state index contributed by atoms with van der Waals surface area (Å²) in [4.78, 5) is 18.4. The van der Waals surface area contributed by atoms with Crippen LogP contribution in [0.4, 0.5) is 0 Å². The van der Waals surface area contributed by atoms with E-state index in [4.69, 9.17) is 0 Å². The fourth-order valence-electron chi connectivity index (χ4n) is 5.34. The third-order valence-corrected chi connectivity index (χ3v) is 7.67. The van der Waals surface area contributed by atoms with Gasteiger partial charge in [0, 0.05) is 37.3 Å². The number of hydrogen-bond donors (Lipinski definition) is 0. The molecule has 0 aromatic carbocycles. The second-order valence-electron chi connectivity index (χ2n) is 8.01. The summed E-state index contributed by atoms with van der Waals surface area (Å²) < 4.78 is 2.46. The van der Waals surface area contributed by atoms with E-state index in [1.54, 1.807) is 6.20 Å². The number of likely N-dealkylation sites (N-methyl/N-ethyl adjacent to an activating group) is 1. The van der Waals surface area contributed by atoms with Crippen LogP contribution in [0, 0.1) is 17.8 Å². The van der Waals surface area contributed by atoms with Crippen LogP contribution in [-0.4, -0.2) is 44.5 Å². The summed E-state index contributed by atoms with van der Waals surface area (Å²) in [5, 5.41) is 0. The summed E-state index contributed by atoms with van der Waals surface area (Å²) in [6, 6.07) is 0. The average Bonchev–Trinajstić information content (AvgIpc) is 3.02. The highest BCUT2D eigenvalue weighted by molar-refractivity contribution is 8.01. The van der Waals surface area contributed by atoms with Crippen LogP contribution < -0.4 is 0 Å². The summed E-state index contributed by atoms with van der Waals surface area (Å²) in [6.45, 7) is 1.58. The third-order valence-electron chi connectivity index (χ3n) is 6.16. The first-order chi connectivity index (χ1) is 11.1. The lowest BCUT2D eigenvalue weighted by Crippen LogP contribution is -2.49. The Bertz CT molecular complexity index is 521. The zero-order chi connectivity index (χ0) is 15.9. The average molecular weight is 334 g/mol. The van der Waals surface area contributed by atoms with Gasteiger partial charge in [0.1, 0.15) is 0 Å². The first-order valence-corrected chi connectivity index (χ1v) is 9.94. The van der Waals surface area contributed by atoms with Crippen LogP contribution in [0.1, 0.15) is 38.5 Å². The molecule has 0 saturated heterocycles. The lowest BCUT2D eigenvalue weighted by atomic mass is 9.56. The molecule has 4 aliphatic carbocycles. The number of thioether (sulfide) groups is 1. The van der Waals surface area contributed by atoms with Crippen LogP contribution >= 0.6 is 11.8 Å². The molecule has 4 bridgehead atoms. The second-order valence-corrected chi connectivity index (χ2v) is 9.45. The van der Waals surface area contributed by atoms with Gasteiger partial charge in [0.15, 0.2) is 0 Å². The van der Waals surface area contributed by atoms with Crippen LogP contribution in [0.2, 0.25) is 0 Å². The van der Waals surface area contributed by atoms with Crippen molar-refractivity contribution < 1.29 is 4.79 Å². The number of rotatable bonds is 6. The first kappa shape index (κ1) is 15.6. The van der Waals surface area contributed by atoms with Gasteiger partial charge in [0.05, 0.1) is 12.1 Å². The van der Waals surface area contributed by atoms with Crippen LogP contribution in [0.5, 0.6) is 0 Å². The monoisotopic (exact) mass is 333 g/mol. The van der Waals surface area contributed by atoms with E-state index < -0.39 is 0 Å². The van der Waals surface area contributed by atoms with Crippen molar-refractivity contribution in [1.29, 1.82) is 0 Å². The molecule has 0 N–H and O–H groups in total. The van der Waals surface area contributed by atoms with E-state index in [9.17, 15) is 4.79 Å². The molecule has 0 spiro atoms. The fraction of sp³-hybridized carbons (Fsp3) is 0.778. The molecule has 1 aromatic heterocycles. The number of imidazole rings is 1. The van der Waals surface area contributed by atoms with Crippen LogP contribution in [0.3, 0.4) is 0 Å². The summed E-state index contributed by atoms with van der Waals surface area (Å²) in [7, 11) is 1.93. The number of nitrogens with zero attached hydrogens (tertiary/aromatic N) is 3. The largest absolute Gasteiger partial charge is 0.343 e. The highest BCUT2D eigenvalue weighted by Gasteiger charge is 2.51. The fourth-order valence-corrected chi connectivity index (χ4v) is 7.05. The number of aromatic nitrogens is 2. The number of amides is 1. The molecule has 0 atom stereocenters. The van der Waals surface area contributed by atoms with E-state index in [0.29, 0.717) is 10.5 Å². The molecule has 1 aromatic rings. The van der Waals surface area contributed by atoms with Crippen LogP contribution in [0.25, 0.3) is 0 Å². The maximum Gasteiger partial charge on any atom is 0.232 e. The lowest BCUT2D eigenvalue weighted by molar-refractivity contribution is -0.127. The summed E-state index contributed by atoms with van der Waals surface area (Å²) >= 11 is 1.98. The molecule has 4 nitrogen and oxygen atoms in total. The molecular formula is C18H27N3OS. The molecule has 5 rings (SSSR count). The van der Waals surface area contributed by atoms with Gasteiger partial charge in [-0.2, -0.15) is 0 Å². The van der Waals surface area contributed by atoms with Crippen molar-refractivity contribution in [3.8, 4) is 0 Å². The number of carbonyl (C=O) groups is 1. The molecule has 0 unspecified atom stereocenters. The van der Waals surface area contributed by atoms with Gasteiger partial charge in [-0.15, -0.1) is 11.8 Å². The van der Waals surface area contributed by atoms with E-state index in [0.717, 1.165) is 30.8 Å². The van der Waals surface area contributed by atoms with Crippen molar-refractivity contribution in [3.63, 3.8) is 0 Å². The Morgan fingerprint density at radius 3 is 2.48 bits per heavy atom. The standard InChI is InChI=1S/C18H27N3OS/c1-20(4-5-21-3-2-19-13-21)17(22)12-23-18-9-14-6-15(10-18)8-16(7-14)11-18/h2-3,13-16H,4-12H2,1H3. The Morgan fingerprint density at radius 1 is 1.26 bits per heavy atom.